The van der Waals surface area contributed by atoms with Crippen molar-refractivity contribution in [2.24, 2.45) is 0 Å². The lowest BCUT2D eigenvalue weighted by atomic mass is 10.1. The summed E-state index contributed by atoms with van der Waals surface area (Å²) in [5.74, 6) is -0.879. The Morgan fingerprint density at radius 3 is 2.68 bits per heavy atom. The fourth-order valence-corrected chi connectivity index (χ4v) is 5.30. The molecule has 1 heterocycles. The van der Waals surface area contributed by atoms with Crippen molar-refractivity contribution in [3.63, 3.8) is 0 Å². The Labute approximate surface area is 223 Å². The van der Waals surface area contributed by atoms with Crippen LogP contribution in [-0.2, 0) is 11.4 Å². The maximum atomic E-state index is 13.2. The van der Waals surface area contributed by atoms with E-state index in [1.807, 2.05) is 12.1 Å². The Morgan fingerprint density at radius 2 is 1.94 bits per heavy atom. The van der Waals surface area contributed by atoms with Gasteiger partial charge in [0.15, 0.2) is 4.32 Å². The summed E-state index contributed by atoms with van der Waals surface area (Å²) < 4.78 is 7.11. The Kier molecular flexibility index (Phi) is 7.64. The molecule has 1 fully saturated rings. The van der Waals surface area contributed by atoms with Crippen LogP contribution in [0.3, 0.4) is 0 Å². The minimum Gasteiger partial charge on any atom is -0.488 e. The number of carbonyl (C=O) groups is 2. The SMILES string of the molecule is O=C(O)c1cccc(N2C(=O)/C(=C\c3cc(Br)ccc3OCc3ccc(Cl)cc3Cl)SC2=S)c1. The summed E-state index contributed by atoms with van der Waals surface area (Å²) in [6.45, 7) is 0.210. The second-order valence-corrected chi connectivity index (χ2v) is 10.5. The average Bonchev–Trinajstić information content (AvgIpc) is 3.07. The van der Waals surface area contributed by atoms with Gasteiger partial charge in [0.2, 0.25) is 0 Å². The molecule has 0 bridgehead atoms. The number of benzene rings is 3. The van der Waals surface area contributed by atoms with E-state index < -0.39 is 5.97 Å². The zero-order valence-corrected chi connectivity index (χ0v) is 21.9. The Morgan fingerprint density at radius 1 is 1.15 bits per heavy atom. The zero-order chi connectivity index (χ0) is 24.4. The van der Waals surface area contributed by atoms with Crippen molar-refractivity contribution in [3.05, 3.63) is 96.8 Å². The van der Waals surface area contributed by atoms with Crippen molar-refractivity contribution in [3.8, 4) is 5.75 Å². The number of hydrogen-bond donors (Lipinski definition) is 1. The molecule has 0 saturated carbocycles. The van der Waals surface area contributed by atoms with Crippen LogP contribution in [0.4, 0.5) is 5.69 Å². The van der Waals surface area contributed by atoms with Gasteiger partial charge in [0.05, 0.1) is 16.2 Å². The number of hydrogen-bond acceptors (Lipinski definition) is 5. The smallest absolute Gasteiger partial charge is 0.335 e. The third-order valence-corrected chi connectivity index (χ3v) is 7.18. The number of amides is 1. The highest BCUT2D eigenvalue weighted by atomic mass is 79.9. The number of rotatable bonds is 6. The van der Waals surface area contributed by atoms with Gasteiger partial charge in [0.25, 0.3) is 5.91 Å². The predicted molar refractivity (Wildman–Crippen MR) is 144 cm³/mol. The maximum absolute atomic E-state index is 13.2. The van der Waals surface area contributed by atoms with Gasteiger partial charge in [0.1, 0.15) is 12.4 Å². The van der Waals surface area contributed by atoms with E-state index in [4.69, 9.17) is 40.2 Å². The standard InChI is InChI=1S/C24H14BrCl2NO4S2/c25-16-5-7-20(32-12-14-4-6-17(26)11-19(14)27)15(8-16)10-21-22(29)28(24(33)34-21)18-3-1-2-13(9-18)23(30)31/h1-11H,12H2,(H,30,31)/b21-10+. The fourth-order valence-electron chi connectivity index (χ4n) is 3.17. The molecule has 0 aromatic heterocycles. The molecule has 3 aromatic carbocycles. The monoisotopic (exact) mass is 593 g/mol. The normalized spacial score (nSPS) is 14.7. The summed E-state index contributed by atoms with van der Waals surface area (Å²) >= 11 is 22.2. The molecule has 5 nitrogen and oxygen atoms in total. The van der Waals surface area contributed by atoms with E-state index in [2.05, 4.69) is 15.9 Å². The summed E-state index contributed by atoms with van der Waals surface area (Å²) in [5, 5.41) is 10.3. The van der Waals surface area contributed by atoms with Crippen LogP contribution in [0, 0.1) is 0 Å². The third kappa shape index (κ3) is 5.47. The van der Waals surface area contributed by atoms with Crippen LogP contribution in [-0.4, -0.2) is 21.3 Å². The van der Waals surface area contributed by atoms with Gasteiger partial charge in [-0.1, -0.05) is 75.2 Å². The van der Waals surface area contributed by atoms with Crippen molar-refractivity contribution in [2.45, 2.75) is 6.61 Å². The Balaban J connectivity index is 1.62. The number of thiocarbonyl (C=S) groups is 1. The van der Waals surface area contributed by atoms with Crippen molar-refractivity contribution < 1.29 is 19.4 Å². The lowest BCUT2D eigenvalue weighted by molar-refractivity contribution is -0.113. The minimum absolute atomic E-state index is 0.0686. The van der Waals surface area contributed by atoms with E-state index in [1.165, 1.54) is 17.0 Å². The summed E-state index contributed by atoms with van der Waals surface area (Å²) in [7, 11) is 0. The molecule has 0 aliphatic carbocycles. The Bertz CT molecular complexity index is 1360. The molecular formula is C24H14BrCl2NO4S2. The molecule has 10 heteroatoms. The first-order valence-electron chi connectivity index (χ1n) is 9.70. The fraction of sp³-hybridized carbons (Fsp3) is 0.0417. The highest BCUT2D eigenvalue weighted by Crippen LogP contribution is 2.38. The van der Waals surface area contributed by atoms with Gasteiger partial charge >= 0.3 is 5.97 Å². The van der Waals surface area contributed by atoms with Gasteiger partial charge in [-0.15, -0.1) is 0 Å². The van der Waals surface area contributed by atoms with Crippen LogP contribution < -0.4 is 9.64 Å². The summed E-state index contributed by atoms with van der Waals surface area (Å²) in [6, 6.07) is 16.7. The molecule has 1 aliphatic rings. The number of halogens is 3. The van der Waals surface area contributed by atoms with Crippen LogP contribution in [0.1, 0.15) is 21.5 Å². The van der Waals surface area contributed by atoms with E-state index in [0.29, 0.717) is 36.3 Å². The molecule has 4 rings (SSSR count). The first kappa shape index (κ1) is 24.8. The predicted octanol–water partition coefficient (Wildman–Crippen LogP) is 7.44. The first-order chi connectivity index (χ1) is 16.2. The molecule has 1 N–H and O–H groups in total. The second-order valence-electron chi connectivity index (χ2n) is 7.08. The molecule has 0 radical (unpaired) electrons. The minimum atomic E-state index is -1.08. The third-order valence-electron chi connectivity index (χ3n) is 4.80. The number of anilines is 1. The van der Waals surface area contributed by atoms with Crippen molar-refractivity contribution in [1.82, 2.24) is 0 Å². The summed E-state index contributed by atoms with van der Waals surface area (Å²) in [6.07, 6.45) is 1.70. The topological polar surface area (TPSA) is 66.8 Å². The largest absolute Gasteiger partial charge is 0.488 e. The molecule has 1 aliphatic heterocycles. The van der Waals surface area contributed by atoms with Gasteiger partial charge in [-0.25, -0.2) is 4.79 Å². The summed E-state index contributed by atoms with van der Waals surface area (Å²) in [5.41, 5.74) is 1.90. The Hall–Kier alpha value is -2.36. The van der Waals surface area contributed by atoms with Gasteiger partial charge in [-0.05, 0) is 54.6 Å². The van der Waals surface area contributed by atoms with Crippen molar-refractivity contribution in [1.29, 1.82) is 0 Å². The van der Waals surface area contributed by atoms with Gasteiger partial charge < -0.3 is 9.84 Å². The molecule has 1 amide bonds. The number of carbonyl (C=O) groups excluding carboxylic acids is 1. The average molecular weight is 595 g/mol. The number of aromatic carboxylic acids is 1. The zero-order valence-electron chi connectivity index (χ0n) is 17.1. The molecule has 3 aromatic rings. The quantitative estimate of drug-likeness (QED) is 0.236. The lowest BCUT2D eigenvalue weighted by Gasteiger charge is -2.15. The van der Waals surface area contributed by atoms with Crippen molar-refractivity contribution >= 4 is 91.1 Å². The van der Waals surface area contributed by atoms with Crippen LogP contribution in [0.2, 0.25) is 10.0 Å². The van der Waals surface area contributed by atoms with E-state index >= 15 is 0 Å². The number of nitrogens with zero attached hydrogens (tertiary/aromatic N) is 1. The first-order valence-corrected chi connectivity index (χ1v) is 12.5. The molecule has 0 unspecified atom stereocenters. The number of ether oxygens (including phenoxy) is 1. The molecule has 0 atom stereocenters. The molecule has 1 saturated heterocycles. The van der Waals surface area contributed by atoms with E-state index in [1.54, 1.807) is 42.5 Å². The van der Waals surface area contributed by atoms with Crippen LogP contribution >= 0.6 is 63.1 Å². The molecular weight excluding hydrogens is 581 g/mol. The number of thioether (sulfide) groups is 1. The van der Waals surface area contributed by atoms with Crippen LogP contribution in [0.5, 0.6) is 5.75 Å². The maximum Gasteiger partial charge on any atom is 0.335 e. The summed E-state index contributed by atoms with van der Waals surface area (Å²) in [4.78, 5) is 26.2. The van der Waals surface area contributed by atoms with Crippen LogP contribution in [0.15, 0.2) is 70.0 Å². The number of carboxylic acids is 1. The van der Waals surface area contributed by atoms with Gasteiger partial charge in [-0.2, -0.15) is 0 Å². The van der Waals surface area contributed by atoms with Crippen LogP contribution in [0.25, 0.3) is 6.08 Å². The van der Waals surface area contributed by atoms with Crippen molar-refractivity contribution in [2.75, 3.05) is 4.90 Å². The highest BCUT2D eigenvalue weighted by Gasteiger charge is 2.33. The van der Waals surface area contributed by atoms with Gasteiger partial charge in [-0.3, -0.25) is 9.69 Å². The highest BCUT2D eigenvalue weighted by molar-refractivity contribution is 9.10. The number of carboxylic acid groups (broad SMARTS) is 1. The van der Waals surface area contributed by atoms with E-state index in [-0.39, 0.29) is 18.1 Å². The molecule has 172 valence electrons. The van der Waals surface area contributed by atoms with Gasteiger partial charge in [0, 0.05) is 25.6 Å². The lowest BCUT2D eigenvalue weighted by Crippen LogP contribution is -2.27. The van der Waals surface area contributed by atoms with E-state index in [0.717, 1.165) is 21.8 Å². The second kappa shape index (κ2) is 10.5. The molecule has 34 heavy (non-hydrogen) atoms. The van der Waals surface area contributed by atoms with E-state index in [9.17, 15) is 14.7 Å². The molecule has 0 spiro atoms.